The van der Waals surface area contributed by atoms with Gasteiger partial charge in [0.2, 0.25) is 5.91 Å². The van der Waals surface area contributed by atoms with Gasteiger partial charge in [0.25, 0.3) is 0 Å². The minimum absolute atomic E-state index is 0.0104. The molecule has 82 valence electrons. The molecule has 0 aliphatic carbocycles. The van der Waals surface area contributed by atoms with Crippen LogP contribution in [0.15, 0.2) is 12.7 Å². The van der Waals surface area contributed by atoms with Crippen LogP contribution in [0.1, 0.15) is 12.8 Å². The van der Waals surface area contributed by atoms with Crippen LogP contribution in [0.5, 0.6) is 0 Å². The van der Waals surface area contributed by atoms with Crippen LogP contribution >= 0.6 is 0 Å². The number of nitrogens with zero attached hydrogens (tertiary/aromatic N) is 1. The minimum atomic E-state index is -0.0104. The molecule has 0 aromatic rings. The molecule has 0 fully saturated rings. The molecule has 0 atom stereocenters. The Morgan fingerprint density at radius 1 is 1.57 bits per heavy atom. The average molecular weight is 201 g/mol. The molecule has 0 unspecified atom stereocenters. The molecule has 0 aliphatic heterocycles. The first-order chi connectivity index (χ1) is 6.76. The van der Waals surface area contributed by atoms with Crippen LogP contribution in [0, 0.1) is 0 Å². The van der Waals surface area contributed by atoms with Gasteiger partial charge in [-0.15, -0.1) is 6.58 Å². The molecule has 14 heavy (non-hydrogen) atoms. The molecule has 0 rings (SSSR count). The second-order valence-corrected chi connectivity index (χ2v) is 2.92. The van der Waals surface area contributed by atoms with Crippen molar-refractivity contribution in [1.29, 1.82) is 0 Å². The smallest absolute Gasteiger partial charge is 0.223 e. The van der Waals surface area contributed by atoms with E-state index in [4.69, 9.17) is 9.84 Å². The summed E-state index contributed by atoms with van der Waals surface area (Å²) in [4.78, 5) is 13.1. The highest BCUT2D eigenvalue weighted by Crippen LogP contribution is 1.98. The van der Waals surface area contributed by atoms with E-state index in [9.17, 15) is 4.79 Å². The summed E-state index contributed by atoms with van der Waals surface area (Å²) in [6.07, 6.45) is 2.84. The van der Waals surface area contributed by atoms with Crippen molar-refractivity contribution in [2.45, 2.75) is 12.8 Å². The van der Waals surface area contributed by atoms with E-state index in [1.165, 1.54) is 0 Å². The summed E-state index contributed by atoms with van der Waals surface area (Å²) >= 11 is 0. The summed E-state index contributed by atoms with van der Waals surface area (Å²) in [6.45, 7) is 4.95. The van der Waals surface area contributed by atoms with Crippen LogP contribution in [-0.2, 0) is 9.53 Å². The van der Waals surface area contributed by atoms with Gasteiger partial charge in [0.15, 0.2) is 0 Å². The lowest BCUT2D eigenvalue weighted by Crippen LogP contribution is -2.35. The van der Waals surface area contributed by atoms with E-state index in [1.807, 2.05) is 0 Å². The first-order valence-electron chi connectivity index (χ1n) is 4.74. The maximum atomic E-state index is 11.5. The fourth-order valence-corrected chi connectivity index (χ4v) is 1.07. The fourth-order valence-electron chi connectivity index (χ4n) is 1.07. The molecular formula is C10H19NO3. The van der Waals surface area contributed by atoms with Gasteiger partial charge in [-0.25, -0.2) is 0 Å². The standard InChI is InChI=1S/C10H19NO3/c1-3-4-5-10(13)11(6-8-12)7-9-14-2/h3,12H,1,4-9H2,2H3. The second kappa shape index (κ2) is 8.72. The molecule has 4 nitrogen and oxygen atoms in total. The van der Waals surface area contributed by atoms with E-state index in [2.05, 4.69) is 6.58 Å². The number of hydrogen-bond donors (Lipinski definition) is 1. The summed E-state index contributed by atoms with van der Waals surface area (Å²) in [5.74, 6) is 0.0380. The van der Waals surface area contributed by atoms with Crippen molar-refractivity contribution in [3.8, 4) is 0 Å². The Morgan fingerprint density at radius 3 is 2.79 bits per heavy atom. The zero-order valence-electron chi connectivity index (χ0n) is 8.74. The van der Waals surface area contributed by atoms with Crippen molar-refractivity contribution in [1.82, 2.24) is 4.90 Å². The number of hydrogen-bond acceptors (Lipinski definition) is 3. The molecular weight excluding hydrogens is 182 g/mol. The molecule has 0 aromatic carbocycles. The zero-order valence-corrected chi connectivity index (χ0v) is 8.74. The number of carbonyl (C=O) groups is 1. The van der Waals surface area contributed by atoms with E-state index in [-0.39, 0.29) is 12.5 Å². The molecule has 0 saturated carbocycles. The van der Waals surface area contributed by atoms with Gasteiger partial charge in [0.1, 0.15) is 0 Å². The second-order valence-electron chi connectivity index (χ2n) is 2.92. The summed E-state index contributed by atoms with van der Waals surface area (Å²) in [5.41, 5.74) is 0. The third-order valence-electron chi connectivity index (χ3n) is 1.85. The van der Waals surface area contributed by atoms with Gasteiger partial charge in [-0.1, -0.05) is 6.08 Å². The molecule has 0 bridgehead atoms. The molecule has 0 radical (unpaired) electrons. The quantitative estimate of drug-likeness (QED) is 0.579. The predicted molar refractivity (Wildman–Crippen MR) is 55.0 cm³/mol. The number of methoxy groups -OCH3 is 1. The molecule has 0 saturated heterocycles. The first-order valence-corrected chi connectivity index (χ1v) is 4.74. The Kier molecular flexibility index (Phi) is 8.17. The number of carbonyl (C=O) groups excluding carboxylic acids is 1. The Hall–Kier alpha value is -0.870. The Balaban J connectivity index is 3.89. The number of aliphatic hydroxyl groups is 1. The van der Waals surface area contributed by atoms with Crippen molar-refractivity contribution in [3.05, 3.63) is 12.7 Å². The molecule has 4 heteroatoms. The summed E-state index contributed by atoms with van der Waals surface area (Å²) in [5, 5.41) is 8.76. The monoisotopic (exact) mass is 201 g/mol. The summed E-state index contributed by atoms with van der Waals surface area (Å²) < 4.78 is 4.88. The van der Waals surface area contributed by atoms with Crippen LogP contribution < -0.4 is 0 Å². The van der Waals surface area contributed by atoms with Gasteiger partial charge in [0.05, 0.1) is 13.2 Å². The maximum Gasteiger partial charge on any atom is 0.223 e. The van der Waals surface area contributed by atoms with Gasteiger partial charge in [-0.2, -0.15) is 0 Å². The largest absolute Gasteiger partial charge is 0.395 e. The normalized spacial score (nSPS) is 9.86. The van der Waals surface area contributed by atoms with Crippen molar-refractivity contribution < 1.29 is 14.6 Å². The molecule has 0 aliphatic rings. The molecule has 0 spiro atoms. The van der Waals surface area contributed by atoms with Crippen LogP contribution in [0.3, 0.4) is 0 Å². The number of ether oxygens (including phenoxy) is 1. The van der Waals surface area contributed by atoms with Gasteiger partial charge in [-0.3, -0.25) is 4.79 Å². The molecule has 0 aromatic heterocycles. The van der Waals surface area contributed by atoms with E-state index in [1.54, 1.807) is 18.1 Å². The number of allylic oxidation sites excluding steroid dienone is 1. The average Bonchev–Trinajstić information content (AvgIpc) is 2.20. The van der Waals surface area contributed by atoms with Crippen molar-refractivity contribution in [3.63, 3.8) is 0 Å². The Labute approximate surface area is 85.2 Å². The number of amides is 1. The van der Waals surface area contributed by atoms with E-state index in [0.717, 1.165) is 0 Å². The van der Waals surface area contributed by atoms with Crippen molar-refractivity contribution in [2.75, 3.05) is 33.4 Å². The van der Waals surface area contributed by atoms with E-state index in [0.29, 0.717) is 32.5 Å². The van der Waals surface area contributed by atoms with Gasteiger partial charge in [0, 0.05) is 26.6 Å². The van der Waals surface area contributed by atoms with Gasteiger partial charge >= 0.3 is 0 Å². The first kappa shape index (κ1) is 13.1. The van der Waals surface area contributed by atoms with Gasteiger partial charge in [-0.05, 0) is 6.42 Å². The van der Waals surface area contributed by atoms with Crippen molar-refractivity contribution >= 4 is 5.91 Å². The molecule has 1 amide bonds. The maximum absolute atomic E-state index is 11.5. The lowest BCUT2D eigenvalue weighted by atomic mass is 10.2. The number of rotatable bonds is 8. The molecule has 1 N–H and O–H groups in total. The lowest BCUT2D eigenvalue weighted by Gasteiger charge is -2.20. The van der Waals surface area contributed by atoms with Gasteiger partial charge < -0.3 is 14.7 Å². The Morgan fingerprint density at radius 2 is 2.29 bits per heavy atom. The third-order valence-corrected chi connectivity index (χ3v) is 1.85. The van der Waals surface area contributed by atoms with Crippen molar-refractivity contribution in [2.24, 2.45) is 0 Å². The summed E-state index contributed by atoms with van der Waals surface area (Å²) in [6, 6.07) is 0. The van der Waals surface area contributed by atoms with Crippen LogP contribution in [0.4, 0.5) is 0 Å². The van der Waals surface area contributed by atoms with E-state index >= 15 is 0 Å². The highest BCUT2D eigenvalue weighted by Gasteiger charge is 2.10. The van der Waals surface area contributed by atoms with Crippen LogP contribution in [0.25, 0.3) is 0 Å². The zero-order chi connectivity index (χ0) is 10.8. The highest BCUT2D eigenvalue weighted by atomic mass is 16.5. The topological polar surface area (TPSA) is 49.8 Å². The highest BCUT2D eigenvalue weighted by molar-refractivity contribution is 5.76. The number of aliphatic hydroxyl groups excluding tert-OH is 1. The van der Waals surface area contributed by atoms with Crippen LogP contribution in [0.2, 0.25) is 0 Å². The molecule has 0 heterocycles. The summed E-state index contributed by atoms with van der Waals surface area (Å²) in [7, 11) is 1.59. The Bertz CT molecular complexity index is 171. The van der Waals surface area contributed by atoms with Crippen LogP contribution in [-0.4, -0.2) is 49.3 Å². The van der Waals surface area contributed by atoms with E-state index < -0.39 is 0 Å². The fraction of sp³-hybridized carbons (Fsp3) is 0.700. The SMILES string of the molecule is C=CCCC(=O)N(CCO)CCOC. The third kappa shape index (κ3) is 5.72. The lowest BCUT2D eigenvalue weighted by molar-refractivity contribution is -0.132. The minimum Gasteiger partial charge on any atom is -0.395 e. The predicted octanol–water partition coefficient (Wildman–Crippen LogP) is 0.420.